The Bertz CT molecular complexity index is 386. The predicted molar refractivity (Wildman–Crippen MR) is 67.4 cm³/mol. The molecule has 102 valence electrons. The van der Waals surface area contributed by atoms with Gasteiger partial charge in [0, 0.05) is 12.2 Å². The van der Waals surface area contributed by atoms with Gasteiger partial charge in [0.2, 0.25) is 0 Å². The summed E-state index contributed by atoms with van der Waals surface area (Å²) >= 11 is 0. The van der Waals surface area contributed by atoms with Crippen LogP contribution in [0.25, 0.3) is 0 Å². The van der Waals surface area contributed by atoms with E-state index in [0.717, 1.165) is 18.6 Å². The maximum absolute atomic E-state index is 12.5. The molecule has 0 fully saturated rings. The molecule has 0 amide bonds. The number of nitrogens with two attached hydrogens (primary N) is 1. The number of benzene rings is 1. The highest BCUT2D eigenvalue weighted by Gasteiger charge is 2.30. The molecule has 0 unspecified atom stereocenters. The summed E-state index contributed by atoms with van der Waals surface area (Å²) in [5, 5.41) is 3.03. The number of hydrogen-bond donors (Lipinski definition) is 2. The molecule has 1 rings (SSSR count). The Morgan fingerprint density at radius 1 is 1.22 bits per heavy atom. The topological polar surface area (TPSA) is 38.0 Å². The van der Waals surface area contributed by atoms with Crippen LogP contribution in [0.15, 0.2) is 24.3 Å². The molecule has 0 bridgehead atoms. The van der Waals surface area contributed by atoms with E-state index in [9.17, 15) is 13.2 Å². The van der Waals surface area contributed by atoms with Crippen LogP contribution in [0.5, 0.6) is 0 Å². The second kappa shape index (κ2) is 5.61. The number of anilines is 1. The second-order valence-corrected chi connectivity index (χ2v) is 5.14. The van der Waals surface area contributed by atoms with Gasteiger partial charge in [-0.2, -0.15) is 13.2 Å². The summed E-state index contributed by atoms with van der Waals surface area (Å²) in [4.78, 5) is 0. The van der Waals surface area contributed by atoms with Crippen molar-refractivity contribution in [1.29, 1.82) is 0 Å². The molecule has 0 aliphatic carbocycles. The van der Waals surface area contributed by atoms with Crippen LogP contribution in [-0.4, -0.2) is 13.1 Å². The van der Waals surface area contributed by atoms with Gasteiger partial charge in [0.25, 0.3) is 0 Å². The van der Waals surface area contributed by atoms with Crippen molar-refractivity contribution in [3.63, 3.8) is 0 Å². The summed E-state index contributed by atoms with van der Waals surface area (Å²) in [5.41, 5.74) is 5.30. The van der Waals surface area contributed by atoms with Gasteiger partial charge in [-0.15, -0.1) is 0 Å². The molecule has 0 atom stereocenters. The van der Waals surface area contributed by atoms with Crippen LogP contribution in [0.4, 0.5) is 18.9 Å². The standard InChI is InChI=1S/C13H19F3N2/c1-12(2,6-7-17)9-18-11-5-3-4-10(8-11)13(14,15)16/h3-5,8,18H,6-7,9,17H2,1-2H3. The molecule has 2 nitrogen and oxygen atoms in total. The lowest BCUT2D eigenvalue weighted by atomic mass is 9.89. The van der Waals surface area contributed by atoms with Gasteiger partial charge in [0.05, 0.1) is 5.56 Å². The molecule has 0 saturated carbocycles. The largest absolute Gasteiger partial charge is 0.416 e. The smallest absolute Gasteiger partial charge is 0.384 e. The van der Waals surface area contributed by atoms with E-state index in [-0.39, 0.29) is 5.41 Å². The Morgan fingerprint density at radius 3 is 2.44 bits per heavy atom. The normalized spacial score (nSPS) is 12.6. The van der Waals surface area contributed by atoms with Crippen LogP contribution in [-0.2, 0) is 6.18 Å². The number of halogens is 3. The average molecular weight is 260 g/mol. The number of nitrogens with one attached hydrogen (secondary N) is 1. The molecule has 1 aromatic carbocycles. The highest BCUT2D eigenvalue weighted by Crippen LogP contribution is 2.31. The number of hydrogen-bond acceptors (Lipinski definition) is 2. The zero-order valence-corrected chi connectivity index (χ0v) is 10.6. The molecular formula is C13H19F3N2. The third-order valence-electron chi connectivity index (χ3n) is 2.78. The Labute approximate surface area is 105 Å². The van der Waals surface area contributed by atoms with Gasteiger partial charge in [-0.1, -0.05) is 19.9 Å². The van der Waals surface area contributed by atoms with E-state index >= 15 is 0 Å². The lowest BCUT2D eigenvalue weighted by molar-refractivity contribution is -0.137. The maximum atomic E-state index is 12.5. The second-order valence-electron chi connectivity index (χ2n) is 5.14. The average Bonchev–Trinajstić information content (AvgIpc) is 2.26. The molecular weight excluding hydrogens is 241 g/mol. The molecule has 0 aromatic heterocycles. The summed E-state index contributed by atoms with van der Waals surface area (Å²) in [7, 11) is 0. The first kappa shape index (κ1) is 14.8. The van der Waals surface area contributed by atoms with Crippen LogP contribution < -0.4 is 11.1 Å². The van der Waals surface area contributed by atoms with E-state index < -0.39 is 11.7 Å². The minimum absolute atomic E-state index is 0.0387. The number of alkyl halides is 3. The van der Waals surface area contributed by atoms with Crippen LogP contribution in [0.2, 0.25) is 0 Å². The van der Waals surface area contributed by atoms with E-state index in [1.807, 2.05) is 13.8 Å². The molecule has 3 N–H and O–H groups in total. The molecule has 5 heteroatoms. The molecule has 0 aliphatic heterocycles. The van der Waals surface area contributed by atoms with Gasteiger partial charge in [-0.25, -0.2) is 0 Å². The third-order valence-corrected chi connectivity index (χ3v) is 2.78. The monoisotopic (exact) mass is 260 g/mol. The summed E-state index contributed by atoms with van der Waals surface area (Å²) in [6.45, 7) is 5.21. The molecule has 18 heavy (non-hydrogen) atoms. The van der Waals surface area contributed by atoms with Gasteiger partial charge >= 0.3 is 6.18 Å². The van der Waals surface area contributed by atoms with Crippen LogP contribution in [0.1, 0.15) is 25.8 Å². The van der Waals surface area contributed by atoms with Crippen LogP contribution in [0, 0.1) is 5.41 Å². The van der Waals surface area contributed by atoms with Crippen molar-refractivity contribution in [2.24, 2.45) is 11.1 Å². The fourth-order valence-electron chi connectivity index (χ4n) is 1.63. The molecule has 0 saturated heterocycles. The van der Waals surface area contributed by atoms with E-state index in [2.05, 4.69) is 5.32 Å². The quantitative estimate of drug-likeness (QED) is 0.850. The van der Waals surface area contributed by atoms with E-state index in [4.69, 9.17) is 5.73 Å². The SMILES string of the molecule is CC(C)(CCN)CNc1cccc(C(F)(F)F)c1. The van der Waals surface area contributed by atoms with E-state index in [1.54, 1.807) is 6.07 Å². The summed E-state index contributed by atoms with van der Waals surface area (Å²) in [6.07, 6.45) is -3.48. The van der Waals surface area contributed by atoms with Crippen molar-refractivity contribution in [3.05, 3.63) is 29.8 Å². The third kappa shape index (κ3) is 4.56. The minimum Gasteiger partial charge on any atom is -0.384 e. The fraction of sp³-hybridized carbons (Fsp3) is 0.538. The molecule has 0 aliphatic rings. The van der Waals surface area contributed by atoms with E-state index in [1.165, 1.54) is 6.07 Å². The van der Waals surface area contributed by atoms with Crippen LogP contribution >= 0.6 is 0 Å². The first-order valence-corrected chi connectivity index (χ1v) is 5.86. The first-order chi connectivity index (χ1) is 8.24. The van der Waals surface area contributed by atoms with Crippen molar-refractivity contribution in [2.75, 3.05) is 18.4 Å². The maximum Gasteiger partial charge on any atom is 0.416 e. The predicted octanol–water partition coefficient (Wildman–Crippen LogP) is 3.49. The summed E-state index contributed by atoms with van der Waals surface area (Å²) in [6, 6.07) is 5.23. The van der Waals surface area contributed by atoms with Crippen molar-refractivity contribution in [3.8, 4) is 0 Å². The zero-order chi connectivity index (χ0) is 13.8. The fourth-order valence-corrected chi connectivity index (χ4v) is 1.63. The van der Waals surface area contributed by atoms with Gasteiger partial charge < -0.3 is 11.1 Å². The lowest BCUT2D eigenvalue weighted by Gasteiger charge is -2.25. The van der Waals surface area contributed by atoms with Crippen molar-refractivity contribution in [1.82, 2.24) is 0 Å². The Hall–Kier alpha value is -1.23. The van der Waals surface area contributed by atoms with Crippen molar-refractivity contribution in [2.45, 2.75) is 26.4 Å². The lowest BCUT2D eigenvalue weighted by Crippen LogP contribution is -2.26. The van der Waals surface area contributed by atoms with Crippen LogP contribution in [0.3, 0.4) is 0 Å². The Balaban J connectivity index is 2.69. The molecule has 0 radical (unpaired) electrons. The van der Waals surface area contributed by atoms with Gasteiger partial charge in [-0.05, 0) is 36.6 Å². The zero-order valence-electron chi connectivity index (χ0n) is 10.6. The Kier molecular flexibility index (Phi) is 4.62. The molecule has 0 spiro atoms. The van der Waals surface area contributed by atoms with Crippen molar-refractivity contribution < 1.29 is 13.2 Å². The van der Waals surface area contributed by atoms with E-state index in [0.29, 0.717) is 18.8 Å². The molecule has 0 heterocycles. The first-order valence-electron chi connectivity index (χ1n) is 5.86. The summed E-state index contributed by atoms with van der Waals surface area (Å²) < 4.78 is 37.6. The minimum atomic E-state index is -4.30. The number of rotatable bonds is 5. The highest BCUT2D eigenvalue weighted by atomic mass is 19.4. The Morgan fingerprint density at radius 2 is 1.89 bits per heavy atom. The van der Waals surface area contributed by atoms with Gasteiger partial charge in [-0.3, -0.25) is 0 Å². The highest BCUT2D eigenvalue weighted by molar-refractivity contribution is 5.46. The van der Waals surface area contributed by atoms with Gasteiger partial charge in [0.15, 0.2) is 0 Å². The van der Waals surface area contributed by atoms with Gasteiger partial charge in [0.1, 0.15) is 0 Å². The van der Waals surface area contributed by atoms with Crippen molar-refractivity contribution >= 4 is 5.69 Å². The summed E-state index contributed by atoms with van der Waals surface area (Å²) in [5.74, 6) is 0. The molecule has 1 aromatic rings.